The molecule has 0 radical (unpaired) electrons. The lowest BCUT2D eigenvalue weighted by atomic mass is 10.1. The van der Waals surface area contributed by atoms with Crippen LogP contribution < -0.4 is 10.1 Å². The Bertz CT molecular complexity index is 923. The van der Waals surface area contributed by atoms with Crippen molar-refractivity contribution in [1.29, 1.82) is 0 Å². The van der Waals surface area contributed by atoms with Crippen LogP contribution in [0.15, 0.2) is 60.8 Å². The highest BCUT2D eigenvalue weighted by molar-refractivity contribution is 5.94. The van der Waals surface area contributed by atoms with E-state index < -0.39 is 0 Å². The van der Waals surface area contributed by atoms with Crippen molar-refractivity contribution >= 4 is 5.91 Å². The quantitative estimate of drug-likeness (QED) is 0.552. The predicted molar refractivity (Wildman–Crippen MR) is 111 cm³/mol. The van der Waals surface area contributed by atoms with Crippen molar-refractivity contribution in [1.82, 2.24) is 15.3 Å². The van der Waals surface area contributed by atoms with Gasteiger partial charge in [-0.2, -0.15) is 4.98 Å². The predicted octanol–water partition coefficient (Wildman–Crippen LogP) is 5.16. The third kappa shape index (κ3) is 5.39. The minimum atomic E-state index is -0.0635. The summed E-state index contributed by atoms with van der Waals surface area (Å²) in [7, 11) is 0. The van der Waals surface area contributed by atoms with Gasteiger partial charge in [-0.3, -0.25) is 4.79 Å². The summed E-state index contributed by atoms with van der Waals surface area (Å²) in [6.07, 6.45) is 4.94. The first-order valence-corrected chi connectivity index (χ1v) is 9.62. The highest BCUT2D eigenvalue weighted by Crippen LogP contribution is 2.23. The number of unbranched alkanes of at least 4 members (excludes halogenated alkanes) is 2. The monoisotopic (exact) mass is 375 g/mol. The van der Waals surface area contributed by atoms with Crippen LogP contribution in [0, 0.1) is 6.92 Å². The minimum absolute atomic E-state index is 0.0635. The van der Waals surface area contributed by atoms with Crippen LogP contribution >= 0.6 is 0 Å². The number of nitrogens with zero attached hydrogens (tertiary/aromatic N) is 2. The molecular formula is C23H25N3O2. The van der Waals surface area contributed by atoms with Gasteiger partial charge < -0.3 is 10.1 Å². The highest BCUT2D eigenvalue weighted by atomic mass is 16.5. The van der Waals surface area contributed by atoms with Crippen molar-refractivity contribution in [3.05, 3.63) is 71.9 Å². The molecular weight excluding hydrogens is 350 g/mol. The molecule has 3 aromatic rings. The van der Waals surface area contributed by atoms with Gasteiger partial charge in [0, 0.05) is 29.9 Å². The molecule has 0 bridgehead atoms. The Balaban J connectivity index is 1.64. The third-order valence-electron chi connectivity index (χ3n) is 4.31. The molecule has 0 fully saturated rings. The van der Waals surface area contributed by atoms with Gasteiger partial charge in [-0.15, -0.1) is 0 Å². The van der Waals surface area contributed by atoms with Gasteiger partial charge in [0.15, 0.2) is 5.82 Å². The number of aryl methyl sites for hydroxylation is 1. The van der Waals surface area contributed by atoms with Crippen LogP contribution in [0.5, 0.6) is 11.6 Å². The van der Waals surface area contributed by atoms with Crippen molar-refractivity contribution in [3.63, 3.8) is 0 Å². The summed E-state index contributed by atoms with van der Waals surface area (Å²) in [6, 6.07) is 16.8. The SMILES string of the molecule is CCCCCNC(=O)c1ccc(Oc2ccnc(-c3cccc(C)c3)n2)cc1. The summed E-state index contributed by atoms with van der Waals surface area (Å²) < 4.78 is 5.84. The van der Waals surface area contributed by atoms with E-state index in [4.69, 9.17) is 4.74 Å². The molecule has 5 heteroatoms. The van der Waals surface area contributed by atoms with Gasteiger partial charge in [0.25, 0.3) is 5.91 Å². The van der Waals surface area contributed by atoms with Crippen LogP contribution in [0.4, 0.5) is 0 Å². The molecule has 1 amide bonds. The molecule has 5 nitrogen and oxygen atoms in total. The lowest BCUT2D eigenvalue weighted by Gasteiger charge is -2.08. The zero-order valence-electron chi connectivity index (χ0n) is 16.3. The second-order valence-electron chi connectivity index (χ2n) is 6.68. The number of benzene rings is 2. The molecule has 0 saturated heterocycles. The molecule has 1 aromatic heterocycles. The summed E-state index contributed by atoms with van der Waals surface area (Å²) in [5.41, 5.74) is 2.71. The lowest BCUT2D eigenvalue weighted by Crippen LogP contribution is -2.24. The minimum Gasteiger partial charge on any atom is -0.439 e. The van der Waals surface area contributed by atoms with Crippen molar-refractivity contribution in [2.45, 2.75) is 33.1 Å². The van der Waals surface area contributed by atoms with Gasteiger partial charge >= 0.3 is 0 Å². The number of ether oxygens (including phenoxy) is 1. The lowest BCUT2D eigenvalue weighted by molar-refractivity contribution is 0.0953. The van der Waals surface area contributed by atoms with E-state index in [0.29, 0.717) is 29.6 Å². The number of amides is 1. The van der Waals surface area contributed by atoms with E-state index in [-0.39, 0.29) is 5.91 Å². The van der Waals surface area contributed by atoms with Crippen molar-refractivity contribution in [2.24, 2.45) is 0 Å². The Morgan fingerprint density at radius 1 is 1.07 bits per heavy atom. The average molecular weight is 375 g/mol. The van der Waals surface area contributed by atoms with Gasteiger partial charge in [-0.05, 0) is 43.7 Å². The first-order valence-electron chi connectivity index (χ1n) is 9.62. The van der Waals surface area contributed by atoms with E-state index in [1.807, 2.05) is 31.2 Å². The van der Waals surface area contributed by atoms with Crippen LogP contribution in [-0.2, 0) is 0 Å². The second-order valence-corrected chi connectivity index (χ2v) is 6.68. The number of carbonyl (C=O) groups excluding carboxylic acids is 1. The van der Waals surface area contributed by atoms with Gasteiger partial charge in [0.1, 0.15) is 5.75 Å². The van der Waals surface area contributed by atoms with Gasteiger partial charge in [0.05, 0.1) is 0 Å². The average Bonchev–Trinajstić information content (AvgIpc) is 2.72. The third-order valence-corrected chi connectivity index (χ3v) is 4.31. The van der Waals surface area contributed by atoms with Gasteiger partial charge in [0.2, 0.25) is 5.88 Å². The van der Waals surface area contributed by atoms with E-state index in [9.17, 15) is 4.79 Å². The van der Waals surface area contributed by atoms with E-state index in [1.54, 1.807) is 36.5 Å². The maximum Gasteiger partial charge on any atom is 0.251 e. The Labute approximate surface area is 165 Å². The largest absolute Gasteiger partial charge is 0.439 e. The number of hydrogen-bond acceptors (Lipinski definition) is 4. The van der Waals surface area contributed by atoms with Crippen LogP contribution in [0.3, 0.4) is 0 Å². The maximum atomic E-state index is 12.1. The number of nitrogens with one attached hydrogen (secondary N) is 1. The van der Waals surface area contributed by atoms with Gasteiger partial charge in [-0.1, -0.05) is 43.5 Å². The summed E-state index contributed by atoms with van der Waals surface area (Å²) in [4.78, 5) is 20.9. The standard InChI is InChI=1S/C23H25N3O2/c1-3-4-5-14-25-23(27)18-9-11-20(12-10-18)28-21-13-15-24-22(26-21)19-8-6-7-17(2)16-19/h6-13,15-16H,3-5,14H2,1-2H3,(H,25,27). The van der Waals surface area contributed by atoms with Crippen molar-refractivity contribution in [3.8, 4) is 23.0 Å². The Morgan fingerprint density at radius 3 is 2.64 bits per heavy atom. The zero-order valence-corrected chi connectivity index (χ0v) is 16.3. The molecule has 0 aliphatic rings. The summed E-state index contributed by atoms with van der Waals surface area (Å²) in [5, 5.41) is 2.93. The molecule has 0 aliphatic heterocycles. The number of rotatable bonds is 8. The molecule has 28 heavy (non-hydrogen) atoms. The summed E-state index contributed by atoms with van der Waals surface area (Å²) in [5.74, 6) is 1.63. The zero-order chi connectivity index (χ0) is 19.8. The smallest absolute Gasteiger partial charge is 0.251 e. The first kappa shape index (κ1) is 19.5. The molecule has 0 saturated carbocycles. The first-order chi connectivity index (χ1) is 13.7. The molecule has 1 N–H and O–H groups in total. The van der Waals surface area contributed by atoms with Crippen molar-refractivity contribution < 1.29 is 9.53 Å². The topological polar surface area (TPSA) is 64.1 Å². The molecule has 144 valence electrons. The van der Waals surface area contributed by atoms with E-state index >= 15 is 0 Å². The van der Waals surface area contributed by atoms with Crippen molar-refractivity contribution in [2.75, 3.05) is 6.54 Å². The fourth-order valence-electron chi connectivity index (χ4n) is 2.80. The molecule has 0 atom stereocenters. The number of aromatic nitrogens is 2. The Morgan fingerprint density at radius 2 is 1.89 bits per heavy atom. The van der Waals surface area contributed by atoms with E-state index in [1.165, 1.54) is 0 Å². The van der Waals surface area contributed by atoms with Crippen LogP contribution in [-0.4, -0.2) is 22.4 Å². The molecule has 3 rings (SSSR count). The van der Waals surface area contributed by atoms with E-state index in [0.717, 1.165) is 30.4 Å². The van der Waals surface area contributed by atoms with Gasteiger partial charge in [-0.25, -0.2) is 4.98 Å². The summed E-state index contributed by atoms with van der Waals surface area (Å²) >= 11 is 0. The molecule has 0 aliphatic carbocycles. The van der Waals surface area contributed by atoms with E-state index in [2.05, 4.69) is 22.2 Å². The highest BCUT2D eigenvalue weighted by Gasteiger charge is 2.07. The Hall–Kier alpha value is -3.21. The summed E-state index contributed by atoms with van der Waals surface area (Å²) in [6.45, 7) is 4.88. The Kier molecular flexibility index (Phi) is 6.73. The second kappa shape index (κ2) is 9.65. The van der Waals surface area contributed by atoms with Crippen LogP contribution in [0.25, 0.3) is 11.4 Å². The molecule has 0 unspecified atom stereocenters. The number of carbonyl (C=O) groups is 1. The fourth-order valence-corrected chi connectivity index (χ4v) is 2.80. The molecule has 1 heterocycles. The molecule has 0 spiro atoms. The normalized spacial score (nSPS) is 10.5. The van der Waals surface area contributed by atoms with Crippen LogP contribution in [0.1, 0.15) is 42.1 Å². The fraction of sp³-hybridized carbons (Fsp3) is 0.261. The maximum absolute atomic E-state index is 12.1. The molecule has 2 aromatic carbocycles. The number of hydrogen-bond donors (Lipinski definition) is 1. The van der Waals surface area contributed by atoms with Crippen LogP contribution in [0.2, 0.25) is 0 Å².